The molecule has 5 N–H and O–H groups in total. The van der Waals surface area contributed by atoms with E-state index in [1.54, 1.807) is 24.3 Å². The van der Waals surface area contributed by atoms with Gasteiger partial charge in [0.05, 0.1) is 30.2 Å². The van der Waals surface area contributed by atoms with Crippen LogP contribution in [0.3, 0.4) is 0 Å². The molecule has 4 rings (SSSR count). The molecule has 1 aliphatic heterocycles. The molecule has 0 saturated carbocycles. The fraction of sp³-hybridized carbons (Fsp3) is 0.419. The summed E-state index contributed by atoms with van der Waals surface area (Å²) in [7, 11) is -1.75. The molecule has 2 aromatic rings. The van der Waals surface area contributed by atoms with Crippen LogP contribution in [0.5, 0.6) is 5.75 Å². The van der Waals surface area contributed by atoms with E-state index in [4.69, 9.17) is 0 Å². The third-order valence-corrected chi connectivity index (χ3v) is 8.29. The average Bonchev–Trinajstić information content (AvgIpc) is 3.19. The van der Waals surface area contributed by atoms with Crippen LogP contribution in [0.2, 0.25) is 0 Å². The van der Waals surface area contributed by atoms with E-state index >= 15 is 0 Å². The van der Waals surface area contributed by atoms with Crippen molar-refractivity contribution in [1.82, 2.24) is 0 Å². The molecule has 1 saturated heterocycles. The van der Waals surface area contributed by atoms with E-state index in [0.29, 0.717) is 30.4 Å². The monoisotopic (exact) mass is 547 g/mol. The second kappa shape index (κ2) is 12.5. The van der Waals surface area contributed by atoms with Crippen LogP contribution in [0.1, 0.15) is 52.0 Å². The van der Waals surface area contributed by atoms with E-state index in [0.717, 1.165) is 22.5 Å². The largest absolute Gasteiger partial charge is 0.507 e. The summed E-state index contributed by atoms with van der Waals surface area (Å²) >= 11 is 0. The number of anilines is 1. The first-order chi connectivity index (χ1) is 19.1. The Kier molecular flexibility index (Phi) is 9.31. The lowest BCUT2D eigenvalue weighted by Gasteiger charge is -2.38. The van der Waals surface area contributed by atoms with Crippen LogP contribution in [0, 0.1) is 23.7 Å². The maximum Gasteiger partial charge on any atom is 0.488 e. The molecule has 0 radical (unpaired) electrons. The van der Waals surface area contributed by atoms with Gasteiger partial charge in [0.15, 0.2) is 0 Å². The van der Waals surface area contributed by atoms with Crippen LogP contribution >= 0.6 is 0 Å². The number of hydrogen-bond donors (Lipinski definition) is 5. The molecule has 0 bridgehead atoms. The number of phenolic OH excluding ortho intramolecular Hbond substituents is 1. The van der Waals surface area contributed by atoms with Crippen molar-refractivity contribution in [2.24, 2.45) is 23.7 Å². The van der Waals surface area contributed by atoms with Gasteiger partial charge >= 0.3 is 7.12 Å². The molecule has 2 aliphatic rings. The number of imide groups is 1. The van der Waals surface area contributed by atoms with Crippen molar-refractivity contribution in [2.75, 3.05) is 11.5 Å². The van der Waals surface area contributed by atoms with Crippen molar-refractivity contribution in [3.8, 4) is 5.75 Å². The number of nitrogens with zero attached hydrogens (tertiary/aromatic N) is 1. The Labute approximate surface area is 235 Å². The number of allylic oxidation sites excluding steroid dienone is 2. The van der Waals surface area contributed by atoms with Crippen LogP contribution in [0.4, 0.5) is 5.69 Å². The third kappa shape index (κ3) is 5.79. The Morgan fingerprint density at radius 2 is 1.82 bits per heavy atom. The molecule has 212 valence electrons. The highest BCUT2D eigenvalue weighted by Crippen LogP contribution is 2.48. The summed E-state index contributed by atoms with van der Waals surface area (Å²) in [6, 6.07) is 13.1. The van der Waals surface area contributed by atoms with E-state index in [2.05, 4.69) is 0 Å². The predicted octanol–water partition coefficient (Wildman–Crippen LogP) is 2.78. The highest BCUT2D eigenvalue weighted by Gasteiger charge is 2.55. The molecule has 0 unspecified atom stereocenters. The summed E-state index contributed by atoms with van der Waals surface area (Å²) in [6.45, 7) is 5.59. The van der Waals surface area contributed by atoms with Gasteiger partial charge in [-0.25, -0.2) is 0 Å². The number of aliphatic hydroxyl groups is 2. The number of fused-ring (bicyclic) bond motifs is 1. The van der Waals surface area contributed by atoms with Gasteiger partial charge in [-0.1, -0.05) is 68.3 Å². The maximum absolute atomic E-state index is 13.7. The minimum atomic E-state index is -1.75. The van der Waals surface area contributed by atoms with Crippen molar-refractivity contribution >= 4 is 36.2 Å². The number of rotatable bonds is 10. The quantitative estimate of drug-likeness (QED) is 0.175. The van der Waals surface area contributed by atoms with Crippen molar-refractivity contribution in [3.05, 3.63) is 70.8 Å². The van der Waals surface area contributed by atoms with Gasteiger partial charge in [-0.3, -0.25) is 14.5 Å². The SMILES string of the molecule is CC/C(=C\c1ccccc1O)CC[C@@H](O)C1=C(C(C)C)C[C@H]2C(=O)N(c3cccc(B(O)O)c3)C(=O)[C@H]2[C@H]1CO. The van der Waals surface area contributed by atoms with E-state index in [1.807, 2.05) is 39.0 Å². The number of carbonyl (C=O) groups excluding carboxylic acids is 2. The Hall–Kier alpha value is -3.24. The molecule has 2 aromatic carbocycles. The van der Waals surface area contributed by atoms with Gasteiger partial charge in [0.25, 0.3) is 0 Å². The second-order valence-electron chi connectivity index (χ2n) is 11.0. The van der Waals surface area contributed by atoms with Gasteiger partial charge in [-0.15, -0.1) is 0 Å². The number of carbonyl (C=O) groups is 2. The number of para-hydroxylation sites is 1. The normalized spacial score (nSPS) is 22.2. The summed E-state index contributed by atoms with van der Waals surface area (Å²) in [6.07, 6.45) is 2.98. The van der Waals surface area contributed by atoms with Gasteiger partial charge in [-0.2, -0.15) is 0 Å². The lowest BCUT2D eigenvalue weighted by Crippen LogP contribution is -2.40. The summed E-state index contributed by atoms with van der Waals surface area (Å²) in [5.74, 6) is -2.88. The minimum absolute atomic E-state index is 0.00748. The number of aromatic hydroxyl groups is 1. The zero-order valence-corrected chi connectivity index (χ0v) is 23.2. The van der Waals surface area contributed by atoms with E-state index in [1.165, 1.54) is 12.1 Å². The smallest absolute Gasteiger partial charge is 0.488 e. The first-order valence-electron chi connectivity index (χ1n) is 13.9. The molecule has 8 nitrogen and oxygen atoms in total. The number of phenols is 1. The van der Waals surface area contributed by atoms with E-state index in [-0.39, 0.29) is 35.3 Å². The van der Waals surface area contributed by atoms with Crippen LogP contribution in [0.25, 0.3) is 6.08 Å². The van der Waals surface area contributed by atoms with Crippen LogP contribution in [-0.2, 0) is 9.59 Å². The van der Waals surface area contributed by atoms with Gasteiger partial charge in [0, 0.05) is 11.5 Å². The topological polar surface area (TPSA) is 139 Å². The van der Waals surface area contributed by atoms with Crippen molar-refractivity contribution in [2.45, 2.75) is 52.6 Å². The molecule has 0 aromatic heterocycles. The molecule has 1 fully saturated rings. The molecule has 1 heterocycles. The van der Waals surface area contributed by atoms with Crippen molar-refractivity contribution in [3.63, 3.8) is 0 Å². The maximum atomic E-state index is 13.7. The summed E-state index contributed by atoms with van der Waals surface area (Å²) in [5.41, 5.74) is 3.69. The summed E-state index contributed by atoms with van der Waals surface area (Å²) in [5, 5.41) is 51.4. The predicted molar refractivity (Wildman–Crippen MR) is 154 cm³/mol. The lowest BCUT2D eigenvalue weighted by molar-refractivity contribution is -0.123. The fourth-order valence-corrected chi connectivity index (χ4v) is 6.18. The fourth-order valence-electron chi connectivity index (χ4n) is 6.18. The molecule has 2 amide bonds. The zero-order chi connectivity index (χ0) is 29.1. The van der Waals surface area contributed by atoms with Crippen LogP contribution < -0.4 is 10.4 Å². The molecule has 4 atom stereocenters. The Morgan fingerprint density at radius 1 is 1.10 bits per heavy atom. The molecule has 0 spiro atoms. The average molecular weight is 547 g/mol. The Morgan fingerprint density at radius 3 is 2.45 bits per heavy atom. The molecule has 40 heavy (non-hydrogen) atoms. The molecule has 9 heteroatoms. The second-order valence-corrected chi connectivity index (χ2v) is 11.0. The van der Waals surface area contributed by atoms with Gasteiger partial charge in [0.1, 0.15) is 5.75 Å². The Bertz CT molecular complexity index is 1320. The standard InChI is InChI=1S/C31H38BNO7/c1-4-19(14-20-8-5-6-11-26(20)35)12-13-27(36)28-23(18(2)3)16-24-29(25(28)17-34)31(38)33(30(24)37)22-10-7-9-21(15-22)32(39)40/h5-11,14-15,18,24-25,27,29,34-36,39-40H,4,12-13,16-17H2,1-3H3/b19-14+/t24-,25+,27-,29-/m1/s1. The zero-order valence-electron chi connectivity index (χ0n) is 23.2. The minimum Gasteiger partial charge on any atom is -0.507 e. The third-order valence-electron chi connectivity index (χ3n) is 8.29. The number of hydrogen-bond acceptors (Lipinski definition) is 7. The van der Waals surface area contributed by atoms with Crippen molar-refractivity contribution < 1.29 is 35.0 Å². The van der Waals surface area contributed by atoms with Gasteiger partial charge < -0.3 is 25.4 Å². The lowest BCUT2D eigenvalue weighted by atomic mass is 9.66. The Balaban J connectivity index is 1.63. The van der Waals surface area contributed by atoms with Gasteiger partial charge in [0.2, 0.25) is 11.8 Å². The van der Waals surface area contributed by atoms with Crippen LogP contribution in [-0.4, -0.2) is 57.0 Å². The first-order valence-corrected chi connectivity index (χ1v) is 13.9. The number of benzene rings is 2. The van der Waals surface area contributed by atoms with Crippen LogP contribution in [0.15, 0.2) is 65.3 Å². The highest BCUT2D eigenvalue weighted by atomic mass is 16.4. The van der Waals surface area contributed by atoms with Crippen molar-refractivity contribution in [1.29, 1.82) is 0 Å². The molecule has 1 aliphatic carbocycles. The number of aliphatic hydroxyl groups excluding tert-OH is 2. The van der Waals surface area contributed by atoms with E-state index < -0.39 is 36.9 Å². The number of amides is 2. The van der Waals surface area contributed by atoms with E-state index in [9.17, 15) is 35.0 Å². The molecular weight excluding hydrogens is 509 g/mol. The van der Waals surface area contributed by atoms with Gasteiger partial charge in [-0.05, 0) is 60.8 Å². The molecular formula is C31H38BNO7. The highest BCUT2D eigenvalue weighted by molar-refractivity contribution is 6.58. The summed E-state index contributed by atoms with van der Waals surface area (Å²) < 4.78 is 0. The first kappa shape index (κ1) is 29.7. The summed E-state index contributed by atoms with van der Waals surface area (Å²) in [4.78, 5) is 28.4.